The third-order valence-corrected chi connectivity index (χ3v) is 6.34. The van der Waals surface area contributed by atoms with Crippen molar-refractivity contribution in [2.75, 3.05) is 13.1 Å². The molecule has 2 aromatic carbocycles. The SMILES string of the molecule is CC(C1CC1)N(Cc1ccccc1)C(=O)CN1C(=O)CNC1=O.Cc1c[nH]c2ccccc12. The number of imide groups is 1. The van der Waals surface area contributed by atoms with Gasteiger partial charge in [-0.25, -0.2) is 4.79 Å². The molecule has 0 bridgehead atoms. The van der Waals surface area contributed by atoms with Crippen LogP contribution in [-0.2, 0) is 16.1 Å². The quantitative estimate of drug-likeness (QED) is 0.564. The summed E-state index contributed by atoms with van der Waals surface area (Å²) in [5.41, 5.74) is 3.58. The van der Waals surface area contributed by atoms with Gasteiger partial charge in [0, 0.05) is 29.7 Å². The molecule has 4 amide bonds. The highest BCUT2D eigenvalue weighted by molar-refractivity contribution is 6.04. The molecule has 2 heterocycles. The molecule has 1 aromatic heterocycles. The zero-order valence-corrected chi connectivity index (χ0v) is 19.1. The molecule has 2 aliphatic rings. The molecule has 1 aliphatic heterocycles. The van der Waals surface area contributed by atoms with Crippen LogP contribution in [0.25, 0.3) is 10.9 Å². The summed E-state index contributed by atoms with van der Waals surface area (Å²) in [6, 6.07) is 17.7. The molecule has 2 fully saturated rings. The topological polar surface area (TPSA) is 85.5 Å². The van der Waals surface area contributed by atoms with Crippen molar-refractivity contribution in [3.63, 3.8) is 0 Å². The minimum Gasteiger partial charge on any atom is -0.361 e. The van der Waals surface area contributed by atoms with E-state index in [4.69, 9.17) is 0 Å². The fourth-order valence-electron chi connectivity index (χ4n) is 4.13. The average molecular weight is 447 g/mol. The summed E-state index contributed by atoms with van der Waals surface area (Å²) >= 11 is 0. The molecule has 33 heavy (non-hydrogen) atoms. The van der Waals surface area contributed by atoms with Crippen molar-refractivity contribution in [3.05, 3.63) is 71.9 Å². The highest BCUT2D eigenvalue weighted by atomic mass is 16.2. The number of urea groups is 1. The van der Waals surface area contributed by atoms with Crippen LogP contribution in [0.15, 0.2) is 60.8 Å². The first kappa shape index (κ1) is 22.6. The first-order valence-corrected chi connectivity index (χ1v) is 11.4. The van der Waals surface area contributed by atoms with Crippen LogP contribution in [0.4, 0.5) is 4.79 Å². The molecular weight excluding hydrogens is 416 g/mol. The number of rotatable bonds is 6. The van der Waals surface area contributed by atoms with Crippen LogP contribution < -0.4 is 5.32 Å². The van der Waals surface area contributed by atoms with E-state index in [-0.39, 0.29) is 30.9 Å². The highest BCUT2D eigenvalue weighted by Crippen LogP contribution is 2.35. The molecule has 172 valence electrons. The number of nitrogens with zero attached hydrogens (tertiary/aromatic N) is 2. The third kappa shape index (κ3) is 5.42. The number of amides is 4. The molecule has 3 aromatic rings. The van der Waals surface area contributed by atoms with Crippen molar-refractivity contribution in [2.24, 2.45) is 5.92 Å². The van der Waals surface area contributed by atoms with Crippen LogP contribution in [0.3, 0.4) is 0 Å². The molecule has 1 saturated carbocycles. The predicted molar refractivity (Wildman–Crippen MR) is 127 cm³/mol. The van der Waals surface area contributed by atoms with E-state index in [1.54, 1.807) is 4.90 Å². The summed E-state index contributed by atoms with van der Waals surface area (Å²) < 4.78 is 0. The Morgan fingerprint density at radius 1 is 1.09 bits per heavy atom. The number of aromatic nitrogens is 1. The molecule has 0 spiro atoms. The van der Waals surface area contributed by atoms with E-state index in [9.17, 15) is 14.4 Å². The largest absolute Gasteiger partial charge is 0.361 e. The maximum atomic E-state index is 12.7. The van der Waals surface area contributed by atoms with Gasteiger partial charge in [0.25, 0.3) is 5.91 Å². The van der Waals surface area contributed by atoms with Gasteiger partial charge in [-0.3, -0.25) is 14.5 Å². The summed E-state index contributed by atoms with van der Waals surface area (Å²) in [5.74, 6) is -0.00786. The third-order valence-electron chi connectivity index (χ3n) is 6.34. The van der Waals surface area contributed by atoms with Crippen molar-refractivity contribution in [1.29, 1.82) is 0 Å². The Balaban J connectivity index is 0.000000214. The summed E-state index contributed by atoms with van der Waals surface area (Å²) in [6.45, 7) is 4.45. The van der Waals surface area contributed by atoms with Crippen molar-refractivity contribution < 1.29 is 14.4 Å². The van der Waals surface area contributed by atoms with Gasteiger partial charge in [0.1, 0.15) is 6.54 Å². The first-order valence-electron chi connectivity index (χ1n) is 11.4. The Morgan fingerprint density at radius 3 is 2.42 bits per heavy atom. The van der Waals surface area contributed by atoms with E-state index in [0.29, 0.717) is 12.5 Å². The van der Waals surface area contributed by atoms with E-state index >= 15 is 0 Å². The van der Waals surface area contributed by atoms with Gasteiger partial charge in [-0.15, -0.1) is 0 Å². The van der Waals surface area contributed by atoms with Gasteiger partial charge in [0.2, 0.25) is 5.91 Å². The van der Waals surface area contributed by atoms with Crippen molar-refractivity contribution >= 4 is 28.7 Å². The number of carbonyl (C=O) groups excluding carboxylic acids is 3. The molecule has 0 radical (unpaired) electrons. The summed E-state index contributed by atoms with van der Waals surface area (Å²) in [6.07, 6.45) is 4.29. The van der Waals surface area contributed by atoms with Crippen LogP contribution >= 0.6 is 0 Å². The van der Waals surface area contributed by atoms with Gasteiger partial charge < -0.3 is 15.2 Å². The second-order valence-corrected chi connectivity index (χ2v) is 8.74. The van der Waals surface area contributed by atoms with E-state index in [1.807, 2.05) is 49.5 Å². The van der Waals surface area contributed by atoms with Crippen molar-refractivity contribution in [3.8, 4) is 0 Å². The number of H-pyrrole nitrogens is 1. The Morgan fingerprint density at radius 2 is 1.79 bits per heavy atom. The van der Waals surface area contributed by atoms with E-state index in [0.717, 1.165) is 23.3 Å². The summed E-state index contributed by atoms with van der Waals surface area (Å²) in [4.78, 5) is 42.0. The highest BCUT2D eigenvalue weighted by Gasteiger charge is 2.37. The van der Waals surface area contributed by atoms with Gasteiger partial charge in [0.15, 0.2) is 0 Å². The molecule has 1 saturated heterocycles. The fraction of sp³-hybridized carbons (Fsp3) is 0.346. The van der Waals surface area contributed by atoms with Crippen LogP contribution in [0.2, 0.25) is 0 Å². The number of nitrogens with one attached hydrogen (secondary N) is 2. The van der Waals surface area contributed by atoms with E-state index < -0.39 is 6.03 Å². The first-order chi connectivity index (χ1) is 15.9. The fourth-order valence-corrected chi connectivity index (χ4v) is 4.13. The molecular formula is C26H30N4O3. The maximum Gasteiger partial charge on any atom is 0.325 e. The van der Waals surface area contributed by atoms with Gasteiger partial charge in [-0.1, -0.05) is 48.5 Å². The van der Waals surface area contributed by atoms with Crippen LogP contribution in [0.1, 0.15) is 30.9 Å². The molecule has 1 atom stereocenters. The molecule has 2 N–H and O–H groups in total. The number of para-hydroxylation sites is 1. The number of carbonyl (C=O) groups is 3. The lowest BCUT2D eigenvalue weighted by molar-refractivity contribution is -0.138. The molecule has 7 heteroatoms. The van der Waals surface area contributed by atoms with Crippen molar-refractivity contribution in [2.45, 2.75) is 39.3 Å². The molecule has 1 unspecified atom stereocenters. The predicted octanol–water partition coefficient (Wildman–Crippen LogP) is 3.84. The van der Waals surface area contributed by atoms with Gasteiger partial charge in [-0.05, 0) is 49.8 Å². The minimum atomic E-state index is -0.484. The zero-order chi connectivity index (χ0) is 23.4. The zero-order valence-electron chi connectivity index (χ0n) is 19.1. The maximum absolute atomic E-state index is 12.7. The number of hydrogen-bond donors (Lipinski definition) is 2. The Hall–Kier alpha value is -3.61. The normalized spacial score (nSPS) is 16.2. The Kier molecular flexibility index (Phi) is 6.77. The van der Waals surface area contributed by atoms with Crippen molar-refractivity contribution in [1.82, 2.24) is 20.1 Å². The lowest BCUT2D eigenvalue weighted by atomic mass is 10.1. The standard InChI is InChI=1S/C17H21N3O3.C9H9N/c1-12(14-7-8-14)19(10-13-5-3-2-4-6-13)16(22)11-20-15(21)9-18-17(20)23;1-7-6-10-9-5-3-2-4-8(7)9/h2-6,12,14H,7-11H2,1H3,(H,18,23);2-6,10H,1H3. The van der Waals surface area contributed by atoms with Crippen LogP contribution in [-0.4, -0.2) is 51.8 Å². The van der Waals surface area contributed by atoms with Crippen LogP contribution in [0.5, 0.6) is 0 Å². The second kappa shape index (κ2) is 9.90. The smallest absolute Gasteiger partial charge is 0.325 e. The monoisotopic (exact) mass is 446 g/mol. The molecule has 1 aliphatic carbocycles. The summed E-state index contributed by atoms with van der Waals surface area (Å²) in [5, 5.41) is 3.77. The number of aryl methyl sites for hydroxylation is 1. The van der Waals surface area contributed by atoms with E-state index in [2.05, 4.69) is 35.4 Å². The molecule has 7 nitrogen and oxygen atoms in total. The number of benzene rings is 2. The number of aromatic amines is 1. The average Bonchev–Trinajstić information content (AvgIpc) is 3.56. The lowest BCUT2D eigenvalue weighted by Crippen LogP contribution is -2.46. The van der Waals surface area contributed by atoms with Gasteiger partial charge in [0.05, 0.1) is 6.54 Å². The number of fused-ring (bicyclic) bond motifs is 1. The van der Waals surface area contributed by atoms with Gasteiger partial charge >= 0.3 is 6.03 Å². The van der Waals surface area contributed by atoms with Crippen LogP contribution in [0, 0.1) is 12.8 Å². The second-order valence-electron chi connectivity index (χ2n) is 8.74. The Bertz CT molecular complexity index is 1120. The van der Waals surface area contributed by atoms with Gasteiger partial charge in [-0.2, -0.15) is 0 Å². The molecule has 5 rings (SSSR count). The number of hydrogen-bond acceptors (Lipinski definition) is 3. The Labute approximate surface area is 193 Å². The van der Waals surface area contributed by atoms with E-state index in [1.165, 1.54) is 16.5 Å². The summed E-state index contributed by atoms with van der Waals surface area (Å²) in [7, 11) is 0. The minimum absolute atomic E-state index is 0.0248. The lowest BCUT2D eigenvalue weighted by Gasteiger charge is -2.30.